The first kappa shape index (κ1) is 23.7. The van der Waals surface area contributed by atoms with Crippen molar-refractivity contribution in [3.63, 3.8) is 0 Å². The highest BCUT2D eigenvalue weighted by atomic mass is 35.5. The van der Waals surface area contributed by atoms with Crippen molar-refractivity contribution in [3.05, 3.63) is 23.8 Å². The molecule has 0 spiro atoms. The Morgan fingerprint density at radius 3 is 2.42 bits per heavy atom. The van der Waals surface area contributed by atoms with Crippen molar-refractivity contribution in [1.29, 1.82) is 0 Å². The molecular weight excluding hydrogens is 416 g/mol. The Hall–Kier alpha value is -1.95. The first-order valence-electron chi connectivity index (χ1n) is 11.6. The molecule has 0 aromatic heterocycles. The fourth-order valence-corrected chi connectivity index (χ4v) is 4.45. The highest BCUT2D eigenvalue weighted by Gasteiger charge is 2.41. The van der Waals surface area contributed by atoms with Crippen molar-refractivity contribution in [2.45, 2.75) is 82.8 Å². The van der Waals surface area contributed by atoms with Gasteiger partial charge < -0.3 is 19.7 Å². The Bertz CT molecular complexity index is 745. The van der Waals surface area contributed by atoms with Crippen molar-refractivity contribution in [2.24, 2.45) is 0 Å². The smallest absolute Gasteiger partial charge is 0.247 e. The summed E-state index contributed by atoms with van der Waals surface area (Å²) in [5, 5.41) is 3.24. The molecule has 3 rings (SSSR count). The van der Waals surface area contributed by atoms with Crippen LogP contribution in [0.25, 0.3) is 0 Å². The van der Waals surface area contributed by atoms with Crippen LogP contribution in [0, 0.1) is 0 Å². The number of halogens is 1. The topological polar surface area (TPSA) is 67.9 Å². The zero-order valence-corrected chi connectivity index (χ0v) is 19.5. The van der Waals surface area contributed by atoms with Gasteiger partial charge in [-0.15, -0.1) is 11.6 Å². The highest BCUT2D eigenvalue weighted by molar-refractivity contribution is 6.27. The molecule has 0 aliphatic heterocycles. The number of alkyl halides is 1. The molecule has 1 aromatic rings. The summed E-state index contributed by atoms with van der Waals surface area (Å²) in [7, 11) is 1.58. The van der Waals surface area contributed by atoms with E-state index < -0.39 is 6.04 Å². The van der Waals surface area contributed by atoms with Crippen molar-refractivity contribution >= 4 is 23.4 Å². The van der Waals surface area contributed by atoms with Gasteiger partial charge in [-0.25, -0.2) is 0 Å². The van der Waals surface area contributed by atoms with Crippen LogP contribution >= 0.6 is 11.6 Å². The first-order chi connectivity index (χ1) is 15.1. The quantitative estimate of drug-likeness (QED) is 0.418. The Balaban J connectivity index is 1.91. The van der Waals surface area contributed by atoms with E-state index in [1.807, 2.05) is 25.1 Å². The van der Waals surface area contributed by atoms with Crippen LogP contribution in [0.15, 0.2) is 18.2 Å². The number of rotatable bonds is 10. The molecule has 172 valence electrons. The van der Waals surface area contributed by atoms with Crippen molar-refractivity contribution < 1.29 is 19.1 Å². The van der Waals surface area contributed by atoms with Gasteiger partial charge in [-0.2, -0.15) is 0 Å². The number of nitrogens with one attached hydrogen (secondary N) is 1. The van der Waals surface area contributed by atoms with Crippen molar-refractivity contribution in [2.75, 3.05) is 19.6 Å². The summed E-state index contributed by atoms with van der Waals surface area (Å²) >= 11 is 5.94. The zero-order valence-electron chi connectivity index (χ0n) is 18.7. The largest absolute Gasteiger partial charge is 0.493 e. The number of amides is 2. The van der Waals surface area contributed by atoms with Crippen molar-refractivity contribution in [1.82, 2.24) is 10.2 Å². The lowest BCUT2D eigenvalue weighted by molar-refractivity contribution is -0.140. The molecule has 31 heavy (non-hydrogen) atoms. The van der Waals surface area contributed by atoms with Gasteiger partial charge in [0.1, 0.15) is 11.9 Å². The number of carbonyl (C=O) groups excluding carboxylic acids is 2. The maximum atomic E-state index is 13.6. The minimum Gasteiger partial charge on any atom is -0.493 e. The number of nitrogens with zero attached hydrogens (tertiary/aromatic N) is 1. The number of carbonyl (C=O) groups is 2. The molecular formula is C24H35ClN2O4. The number of hydrogen-bond donors (Lipinski definition) is 1. The molecule has 0 saturated heterocycles. The molecule has 7 heteroatoms. The number of hydrogen-bond acceptors (Lipinski definition) is 4. The van der Waals surface area contributed by atoms with E-state index in [1.165, 1.54) is 12.8 Å². The summed E-state index contributed by atoms with van der Waals surface area (Å²) < 4.78 is 11.3. The molecule has 2 aliphatic carbocycles. The van der Waals surface area contributed by atoms with Gasteiger partial charge in [0.15, 0.2) is 11.5 Å². The summed E-state index contributed by atoms with van der Waals surface area (Å²) in [6.45, 7) is 2.63. The number of ether oxygens (including phenoxy) is 2. The van der Waals surface area contributed by atoms with Gasteiger partial charge >= 0.3 is 0 Å². The molecule has 0 heterocycles. The van der Waals surface area contributed by atoms with Gasteiger partial charge in [-0.3, -0.25) is 9.59 Å². The van der Waals surface area contributed by atoms with Crippen LogP contribution in [0.2, 0.25) is 0 Å². The lowest BCUT2D eigenvalue weighted by Gasteiger charge is -2.32. The van der Waals surface area contributed by atoms with Crippen LogP contribution in [0.5, 0.6) is 11.5 Å². The van der Waals surface area contributed by atoms with Crippen LogP contribution in [0.3, 0.4) is 0 Å². The average Bonchev–Trinajstić information content (AvgIpc) is 3.63. The van der Waals surface area contributed by atoms with E-state index in [0.29, 0.717) is 18.1 Å². The standard InChI is InChI=1S/C24H35ClN2O4/c1-3-14-31-20-13-10-17(15-21(20)30-2)23(27(19-11-12-19)22(28)16-25)24(29)26-18-8-6-4-5-7-9-18/h10,13,15,18-19,23H,3-9,11-12,14,16H2,1-2H3,(H,26,29)/t23-/m1/s1. The van der Waals surface area contributed by atoms with Gasteiger partial charge in [-0.05, 0) is 49.8 Å². The Morgan fingerprint density at radius 2 is 1.84 bits per heavy atom. The molecule has 0 radical (unpaired) electrons. The predicted octanol–water partition coefficient (Wildman–Crippen LogP) is 4.59. The molecule has 2 fully saturated rings. The predicted molar refractivity (Wildman–Crippen MR) is 122 cm³/mol. The summed E-state index contributed by atoms with van der Waals surface area (Å²) in [5.41, 5.74) is 0.720. The summed E-state index contributed by atoms with van der Waals surface area (Å²) in [6.07, 6.45) is 9.32. The minimum absolute atomic E-state index is 0.0538. The third-order valence-electron chi connectivity index (χ3n) is 6.04. The lowest BCUT2D eigenvalue weighted by atomic mass is 10.0. The van der Waals surface area contributed by atoms with E-state index in [1.54, 1.807) is 12.0 Å². The molecule has 6 nitrogen and oxygen atoms in total. The van der Waals surface area contributed by atoms with Gasteiger partial charge in [0.2, 0.25) is 11.8 Å². The van der Waals surface area contributed by atoms with Gasteiger partial charge in [0.25, 0.3) is 0 Å². The second kappa shape index (κ2) is 11.6. The molecule has 2 amide bonds. The molecule has 1 atom stereocenters. The molecule has 1 aromatic carbocycles. The van der Waals surface area contributed by atoms with Crippen LogP contribution in [-0.2, 0) is 9.59 Å². The Morgan fingerprint density at radius 1 is 1.13 bits per heavy atom. The summed E-state index contributed by atoms with van der Waals surface area (Å²) in [4.78, 5) is 28.0. The minimum atomic E-state index is -0.726. The number of methoxy groups -OCH3 is 1. The second-order valence-corrected chi connectivity index (χ2v) is 8.79. The summed E-state index contributed by atoms with van der Waals surface area (Å²) in [5.74, 6) is 0.709. The van der Waals surface area contributed by atoms with E-state index in [0.717, 1.165) is 50.5 Å². The third-order valence-corrected chi connectivity index (χ3v) is 6.26. The molecule has 0 bridgehead atoms. The summed E-state index contributed by atoms with van der Waals surface area (Å²) in [6, 6.07) is 4.99. The Labute approximate surface area is 190 Å². The fraction of sp³-hybridized carbons (Fsp3) is 0.667. The lowest BCUT2D eigenvalue weighted by Crippen LogP contribution is -2.47. The first-order valence-corrected chi connectivity index (χ1v) is 12.1. The SMILES string of the molecule is CCCOc1ccc([C@H](C(=O)NC2CCCCCC2)N(C(=O)CCl)C2CC2)cc1OC. The van der Waals surface area contributed by atoms with E-state index in [-0.39, 0.29) is 29.8 Å². The van der Waals surface area contributed by atoms with Gasteiger partial charge in [0, 0.05) is 12.1 Å². The van der Waals surface area contributed by atoms with E-state index >= 15 is 0 Å². The maximum Gasteiger partial charge on any atom is 0.247 e. The van der Waals surface area contributed by atoms with Crippen LogP contribution in [0.4, 0.5) is 0 Å². The average molecular weight is 451 g/mol. The number of benzene rings is 1. The van der Waals surface area contributed by atoms with E-state index in [2.05, 4.69) is 5.32 Å². The second-order valence-electron chi connectivity index (χ2n) is 8.52. The third kappa shape index (κ3) is 6.28. The van der Waals surface area contributed by atoms with Crippen LogP contribution in [0.1, 0.15) is 76.3 Å². The Kier molecular flexibility index (Phi) is 8.88. The monoisotopic (exact) mass is 450 g/mol. The molecule has 0 unspecified atom stereocenters. The normalized spacial score (nSPS) is 18.0. The van der Waals surface area contributed by atoms with Crippen LogP contribution < -0.4 is 14.8 Å². The van der Waals surface area contributed by atoms with Gasteiger partial charge in [-0.1, -0.05) is 38.7 Å². The van der Waals surface area contributed by atoms with Gasteiger partial charge in [0.05, 0.1) is 13.7 Å². The fourth-order valence-electron chi connectivity index (χ4n) is 4.31. The van der Waals surface area contributed by atoms with Crippen molar-refractivity contribution in [3.8, 4) is 11.5 Å². The maximum absolute atomic E-state index is 13.6. The zero-order chi connectivity index (χ0) is 22.2. The van der Waals surface area contributed by atoms with Crippen LogP contribution in [-0.4, -0.2) is 48.4 Å². The van der Waals surface area contributed by atoms with E-state index in [9.17, 15) is 9.59 Å². The molecule has 2 aliphatic rings. The molecule has 1 N–H and O–H groups in total. The van der Waals surface area contributed by atoms with E-state index in [4.69, 9.17) is 21.1 Å². The highest BCUT2D eigenvalue weighted by Crippen LogP contribution is 2.38. The molecule has 2 saturated carbocycles.